The van der Waals surface area contributed by atoms with Crippen molar-refractivity contribution in [3.63, 3.8) is 0 Å². The molecule has 1 aliphatic carbocycles. The summed E-state index contributed by atoms with van der Waals surface area (Å²) in [5.41, 5.74) is 0.657. The van der Waals surface area contributed by atoms with Gasteiger partial charge in [-0.2, -0.15) is 0 Å². The number of hydrogen-bond acceptors (Lipinski definition) is 4. The largest absolute Gasteiger partial charge is 0.323 e. The number of nitrogens with one attached hydrogen (secondary N) is 2. The number of nitrogens with zero attached hydrogens (tertiary/aromatic N) is 2. The standard InChI is InChI=1S/C16H24N4O3S/c21-16(18-13-7-9-17-10-8-13)20-11-3-6-15(12-20)24(22,23)19-14-4-1-2-5-14/h7-10,14-15,19H,1-6,11-12H2,(H,17,18,21)/t15-/m1/s1. The summed E-state index contributed by atoms with van der Waals surface area (Å²) in [6.45, 7) is 0.811. The number of carbonyl (C=O) groups is 1. The van der Waals surface area contributed by atoms with Crippen LogP contribution in [0.1, 0.15) is 38.5 Å². The normalized spacial score (nSPS) is 22.5. The Bertz CT molecular complexity index is 659. The van der Waals surface area contributed by atoms with Crippen LogP contribution in [0.3, 0.4) is 0 Å². The van der Waals surface area contributed by atoms with Gasteiger partial charge in [-0.15, -0.1) is 0 Å². The van der Waals surface area contributed by atoms with Gasteiger partial charge in [0.05, 0.1) is 5.25 Å². The maximum absolute atomic E-state index is 12.6. The molecule has 0 unspecified atom stereocenters. The number of urea groups is 1. The van der Waals surface area contributed by atoms with E-state index in [-0.39, 0.29) is 18.6 Å². The zero-order valence-electron chi connectivity index (χ0n) is 13.6. The van der Waals surface area contributed by atoms with E-state index in [9.17, 15) is 13.2 Å². The molecule has 2 fully saturated rings. The van der Waals surface area contributed by atoms with Crippen molar-refractivity contribution in [2.24, 2.45) is 0 Å². The highest BCUT2D eigenvalue weighted by atomic mass is 32.2. The van der Waals surface area contributed by atoms with Crippen molar-refractivity contribution in [1.29, 1.82) is 0 Å². The van der Waals surface area contributed by atoms with Crippen LogP contribution in [0.2, 0.25) is 0 Å². The fourth-order valence-corrected chi connectivity index (χ4v) is 5.13. The van der Waals surface area contributed by atoms with Gasteiger partial charge in [-0.25, -0.2) is 17.9 Å². The van der Waals surface area contributed by atoms with Crippen molar-refractivity contribution in [1.82, 2.24) is 14.6 Å². The summed E-state index contributed by atoms with van der Waals surface area (Å²) >= 11 is 0. The molecule has 8 heteroatoms. The Morgan fingerprint density at radius 2 is 1.83 bits per heavy atom. The minimum Gasteiger partial charge on any atom is -0.323 e. The van der Waals surface area contributed by atoms with Gasteiger partial charge >= 0.3 is 6.03 Å². The van der Waals surface area contributed by atoms with Crippen molar-refractivity contribution in [3.8, 4) is 0 Å². The lowest BCUT2D eigenvalue weighted by Crippen LogP contribution is -2.50. The van der Waals surface area contributed by atoms with E-state index < -0.39 is 15.3 Å². The highest BCUT2D eigenvalue weighted by Crippen LogP contribution is 2.22. The summed E-state index contributed by atoms with van der Waals surface area (Å²) in [5.74, 6) is 0. The Hall–Kier alpha value is -1.67. The Labute approximate surface area is 142 Å². The fourth-order valence-electron chi connectivity index (χ4n) is 3.39. The number of likely N-dealkylation sites (tertiary alicyclic amines) is 1. The van der Waals surface area contributed by atoms with Crippen LogP contribution in [0.4, 0.5) is 10.5 Å². The highest BCUT2D eigenvalue weighted by molar-refractivity contribution is 7.90. The quantitative estimate of drug-likeness (QED) is 0.866. The molecule has 1 saturated heterocycles. The third kappa shape index (κ3) is 4.24. The lowest BCUT2D eigenvalue weighted by molar-refractivity contribution is 0.200. The van der Waals surface area contributed by atoms with E-state index in [2.05, 4.69) is 15.0 Å². The minimum absolute atomic E-state index is 0.0658. The SMILES string of the molecule is O=C(Nc1ccncc1)N1CCC[C@@H](S(=O)(=O)NC2CCCC2)C1. The van der Waals surface area contributed by atoms with Crippen LogP contribution < -0.4 is 10.0 Å². The van der Waals surface area contributed by atoms with Crippen LogP contribution >= 0.6 is 0 Å². The Morgan fingerprint density at radius 1 is 1.12 bits per heavy atom. The first-order valence-electron chi connectivity index (χ1n) is 8.52. The van der Waals surface area contributed by atoms with E-state index in [1.165, 1.54) is 0 Å². The summed E-state index contributed by atoms with van der Waals surface area (Å²) in [6.07, 6.45) is 8.49. The van der Waals surface area contributed by atoms with Crippen LogP contribution in [-0.2, 0) is 10.0 Å². The molecule has 2 N–H and O–H groups in total. The third-order valence-electron chi connectivity index (χ3n) is 4.72. The zero-order valence-corrected chi connectivity index (χ0v) is 14.5. The van der Waals surface area contributed by atoms with Crippen molar-refractivity contribution >= 4 is 21.7 Å². The van der Waals surface area contributed by atoms with E-state index >= 15 is 0 Å². The van der Waals surface area contributed by atoms with E-state index in [0.29, 0.717) is 25.1 Å². The maximum Gasteiger partial charge on any atom is 0.321 e. The molecular formula is C16H24N4O3S. The van der Waals surface area contributed by atoms with Crippen LogP contribution in [-0.4, -0.2) is 48.7 Å². The van der Waals surface area contributed by atoms with Gasteiger partial charge in [0.2, 0.25) is 10.0 Å². The maximum atomic E-state index is 12.6. The Kier molecular flexibility index (Phi) is 5.35. The van der Waals surface area contributed by atoms with Crippen LogP contribution in [0.25, 0.3) is 0 Å². The number of rotatable bonds is 4. The first-order valence-corrected chi connectivity index (χ1v) is 10.1. The van der Waals surface area contributed by atoms with Crippen LogP contribution in [0.15, 0.2) is 24.5 Å². The van der Waals surface area contributed by atoms with Gasteiger partial charge in [0, 0.05) is 37.2 Å². The molecule has 2 heterocycles. The van der Waals surface area contributed by atoms with Crippen molar-refractivity contribution in [2.75, 3.05) is 18.4 Å². The second-order valence-corrected chi connectivity index (χ2v) is 8.51. The first kappa shape index (κ1) is 17.2. The smallest absolute Gasteiger partial charge is 0.321 e. The summed E-state index contributed by atoms with van der Waals surface area (Å²) in [6, 6.07) is 3.22. The van der Waals surface area contributed by atoms with Crippen molar-refractivity contribution < 1.29 is 13.2 Å². The predicted octanol–water partition coefficient (Wildman–Crippen LogP) is 1.94. The molecule has 1 aromatic rings. The zero-order chi connectivity index (χ0) is 17.0. The molecule has 7 nitrogen and oxygen atoms in total. The van der Waals surface area contributed by atoms with Crippen LogP contribution in [0, 0.1) is 0 Å². The molecule has 0 radical (unpaired) electrons. The molecule has 0 aromatic carbocycles. The molecular weight excluding hydrogens is 328 g/mol. The van der Waals surface area contributed by atoms with Gasteiger partial charge in [-0.05, 0) is 37.8 Å². The van der Waals surface area contributed by atoms with Crippen molar-refractivity contribution in [2.45, 2.75) is 49.8 Å². The van der Waals surface area contributed by atoms with Gasteiger partial charge in [-0.3, -0.25) is 4.98 Å². The summed E-state index contributed by atoms with van der Waals surface area (Å²) in [4.78, 5) is 17.9. The average molecular weight is 352 g/mol. The summed E-state index contributed by atoms with van der Waals surface area (Å²) in [7, 11) is -3.39. The minimum atomic E-state index is -3.39. The number of pyridine rings is 1. The lowest BCUT2D eigenvalue weighted by atomic mass is 10.1. The number of aromatic nitrogens is 1. The van der Waals surface area contributed by atoms with Gasteiger partial charge < -0.3 is 10.2 Å². The number of amides is 2. The average Bonchev–Trinajstić information content (AvgIpc) is 3.08. The van der Waals surface area contributed by atoms with Gasteiger partial charge in [-0.1, -0.05) is 12.8 Å². The molecule has 1 aromatic heterocycles. The topological polar surface area (TPSA) is 91.4 Å². The monoisotopic (exact) mass is 352 g/mol. The molecule has 0 bridgehead atoms. The highest BCUT2D eigenvalue weighted by Gasteiger charge is 2.34. The molecule has 2 amide bonds. The number of piperidine rings is 1. The molecule has 24 heavy (non-hydrogen) atoms. The third-order valence-corrected chi connectivity index (χ3v) is 6.65. The van der Waals surface area contributed by atoms with Crippen molar-refractivity contribution in [3.05, 3.63) is 24.5 Å². The lowest BCUT2D eigenvalue weighted by Gasteiger charge is -2.33. The van der Waals surface area contributed by atoms with E-state index in [1.54, 1.807) is 29.4 Å². The molecule has 1 aliphatic heterocycles. The number of carbonyl (C=O) groups excluding carboxylic acids is 1. The van der Waals surface area contributed by atoms with E-state index in [4.69, 9.17) is 0 Å². The Morgan fingerprint density at radius 3 is 2.54 bits per heavy atom. The van der Waals surface area contributed by atoms with Gasteiger partial charge in [0.1, 0.15) is 0 Å². The number of sulfonamides is 1. The van der Waals surface area contributed by atoms with Crippen LogP contribution in [0.5, 0.6) is 0 Å². The summed E-state index contributed by atoms with van der Waals surface area (Å²) in [5, 5.41) is 2.26. The Balaban J connectivity index is 1.60. The molecule has 1 saturated carbocycles. The second kappa shape index (κ2) is 7.48. The molecule has 0 spiro atoms. The second-order valence-electron chi connectivity index (χ2n) is 6.52. The van der Waals surface area contributed by atoms with Gasteiger partial charge in [0.25, 0.3) is 0 Å². The first-order chi connectivity index (χ1) is 11.5. The van der Waals surface area contributed by atoms with E-state index in [1.807, 2.05) is 0 Å². The molecule has 2 aliphatic rings. The number of hydrogen-bond donors (Lipinski definition) is 2. The van der Waals surface area contributed by atoms with Gasteiger partial charge in [0.15, 0.2) is 0 Å². The van der Waals surface area contributed by atoms with E-state index in [0.717, 1.165) is 25.7 Å². The fraction of sp³-hybridized carbons (Fsp3) is 0.625. The summed E-state index contributed by atoms with van der Waals surface area (Å²) < 4.78 is 28.0. The molecule has 132 valence electrons. The molecule has 1 atom stereocenters. The number of anilines is 1. The molecule has 3 rings (SSSR count). The predicted molar refractivity (Wildman–Crippen MR) is 92.2 cm³/mol.